The lowest BCUT2D eigenvalue weighted by molar-refractivity contribution is -0.147. The van der Waals surface area contributed by atoms with Crippen molar-refractivity contribution in [3.63, 3.8) is 0 Å². The highest BCUT2D eigenvalue weighted by Gasteiger charge is 2.38. The third-order valence-electron chi connectivity index (χ3n) is 10.2. The van der Waals surface area contributed by atoms with Gasteiger partial charge in [0.2, 0.25) is 5.91 Å². The number of hydrogen-bond acceptors (Lipinski definition) is 6. The van der Waals surface area contributed by atoms with E-state index in [4.69, 9.17) is 0 Å². The highest BCUT2D eigenvalue weighted by Crippen LogP contribution is 2.34. The van der Waals surface area contributed by atoms with Crippen LogP contribution in [0.2, 0.25) is 0 Å². The first kappa shape index (κ1) is 34.5. The number of piperidine rings is 3. The van der Waals surface area contributed by atoms with Gasteiger partial charge in [0.15, 0.2) is 0 Å². The van der Waals surface area contributed by atoms with Gasteiger partial charge in [-0.05, 0) is 106 Å². The van der Waals surface area contributed by atoms with Gasteiger partial charge in [-0.25, -0.2) is 9.59 Å². The van der Waals surface area contributed by atoms with E-state index in [2.05, 4.69) is 47.4 Å². The largest absolute Gasteiger partial charge is 0.506 e. The van der Waals surface area contributed by atoms with Gasteiger partial charge in [-0.3, -0.25) is 14.5 Å². The Morgan fingerprint density at radius 3 is 2.23 bits per heavy atom. The van der Waals surface area contributed by atoms with E-state index < -0.39 is 18.1 Å². The Morgan fingerprint density at radius 1 is 0.896 bits per heavy atom. The molecule has 2 atom stereocenters. The number of aliphatic carboxylic acids is 1. The third-order valence-corrected chi connectivity index (χ3v) is 11.4. The van der Waals surface area contributed by atoms with Crippen molar-refractivity contribution in [3.8, 4) is 5.75 Å². The van der Waals surface area contributed by atoms with Gasteiger partial charge in [0.25, 0.3) is 0 Å². The number of likely N-dealkylation sites (tertiary alicyclic amines) is 3. The quantitative estimate of drug-likeness (QED) is 0.310. The van der Waals surface area contributed by atoms with Crippen LogP contribution in [0.25, 0.3) is 0 Å². The van der Waals surface area contributed by atoms with Gasteiger partial charge in [-0.15, -0.1) is 0 Å². The van der Waals surface area contributed by atoms with Crippen molar-refractivity contribution < 1.29 is 29.4 Å². The lowest BCUT2D eigenvalue weighted by atomic mass is 9.94. The molecule has 0 radical (unpaired) electrons. The molecule has 0 aliphatic carbocycles. The van der Waals surface area contributed by atoms with Gasteiger partial charge in [0.1, 0.15) is 17.8 Å². The van der Waals surface area contributed by atoms with Crippen LogP contribution in [0.4, 0.5) is 15.3 Å². The number of carbonyl (C=O) groups excluding carboxylic acids is 3. The molecule has 2 aromatic carbocycles. The summed E-state index contributed by atoms with van der Waals surface area (Å²) < 4.78 is 0.956. The molecule has 4 N–H and O–H groups in total. The van der Waals surface area contributed by atoms with E-state index in [9.17, 15) is 29.4 Å². The van der Waals surface area contributed by atoms with E-state index in [-0.39, 0.29) is 42.2 Å². The number of phenolic OH excluding ortho intramolecular Hbond substituents is 1. The molecular formula is C34H42Br2N6O6. The van der Waals surface area contributed by atoms with Gasteiger partial charge in [0, 0.05) is 56.9 Å². The molecule has 48 heavy (non-hydrogen) atoms. The fourth-order valence-electron chi connectivity index (χ4n) is 7.60. The number of aromatic hydroxyl groups is 1. The maximum absolute atomic E-state index is 14.1. The highest BCUT2D eigenvalue weighted by molar-refractivity contribution is 9.11. The number of anilines is 1. The summed E-state index contributed by atoms with van der Waals surface area (Å²) in [6.45, 7) is 3.14. The zero-order valence-corrected chi connectivity index (χ0v) is 29.9. The van der Waals surface area contributed by atoms with Crippen molar-refractivity contribution in [1.29, 1.82) is 0 Å². The highest BCUT2D eigenvalue weighted by atomic mass is 79.9. The molecule has 0 aromatic heterocycles. The van der Waals surface area contributed by atoms with Crippen molar-refractivity contribution in [2.45, 2.75) is 82.1 Å². The van der Waals surface area contributed by atoms with E-state index in [1.165, 1.54) is 0 Å². The number of benzene rings is 2. The van der Waals surface area contributed by atoms with E-state index in [1.807, 2.05) is 29.2 Å². The molecular weight excluding hydrogens is 748 g/mol. The number of nitrogens with zero attached hydrogens (tertiary/aromatic N) is 4. The molecule has 0 unspecified atom stereocenters. The predicted octanol–water partition coefficient (Wildman–Crippen LogP) is 4.98. The Bertz CT molecular complexity index is 1520. The zero-order valence-electron chi connectivity index (χ0n) is 26.7. The number of phenols is 1. The fraction of sp³-hybridized carbons (Fsp3) is 0.529. The Morgan fingerprint density at radius 2 is 1.54 bits per heavy atom. The van der Waals surface area contributed by atoms with Crippen LogP contribution in [0.15, 0.2) is 45.3 Å². The van der Waals surface area contributed by atoms with Crippen LogP contribution >= 0.6 is 31.9 Å². The van der Waals surface area contributed by atoms with Crippen molar-refractivity contribution in [2.75, 3.05) is 38.0 Å². The molecule has 2 aromatic rings. The summed E-state index contributed by atoms with van der Waals surface area (Å²) >= 11 is 6.75. The maximum atomic E-state index is 14.1. The Hall–Kier alpha value is -3.36. The molecule has 0 bridgehead atoms. The van der Waals surface area contributed by atoms with Gasteiger partial charge in [-0.1, -0.05) is 24.6 Å². The Balaban J connectivity index is 1.10. The molecule has 0 spiro atoms. The Labute approximate surface area is 297 Å². The number of hydrogen-bond donors (Lipinski definition) is 4. The van der Waals surface area contributed by atoms with Gasteiger partial charge < -0.3 is 35.5 Å². The van der Waals surface area contributed by atoms with Gasteiger partial charge in [0.05, 0.1) is 8.95 Å². The molecule has 3 saturated heterocycles. The molecule has 3 fully saturated rings. The molecule has 12 nitrogen and oxygen atoms in total. The third kappa shape index (κ3) is 7.60. The van der Waals surface area contributed by atoms with Crippen molar-refractivity contribution in [2.24, 2.45) is 0 Å². The lowest BCUT2D eigenvalue weighted by Gasteiger charge is -2.43. The molecule has 5 amide bonds. The number of para-hydroxylation sites is 1. The summed E-state index contributed by atoms with van der Waals surface area (Å²) in [5, 5.41) is 26.0. The minimum Gasteiger partial charge on any atom is -0.506 e. The number of halogens is 2. The normalized spacial score (nSPS) is 21.8. The van der Waals surface area contributed by atoms with Crippen LogP contribution in [-0.2, 0) is 22.6 Å². The van der Waals surface area contributed by atoms with Gasteiger partial charge in [-0.2, -0.15) is 0 Å². The molecule has 0 saturated carbocycles. The number of urea groups is 2. The van der Waals surface area contributed by atoms with Crippen LogP contribution in [0.5, 0.6) is 5.75 Å². The minimum absolute atomic E-state index is 0.00606. The summed E-state index contributed by atoms with van der Waals surface area (Å²) in [4.78, 5) is 60.0. The number of carbonyl (C=O) groups is 4. The summed E-state index contributed by atoms with van der Waals surface area (Å²) in [6.07, 6.45) is 5.36. The summed E-state index contributed by atoms with van der Waals surface area (Å²) in [6, 6.07) is 9.57. The smallest absolute Gasteiger partial charge is 0.322 e. The van der Waals surface area contributed by atoms with Crippen LogP contribution in [0.1, 0.15) is 56.1 Å². The molecule has 4 aliphatic heterocycles. The summed E-state index contributed by atoms with van der Waals surface area (Å²) in [7, 11) is 0. The second-order valence-corrected chi connectivity index (χ2v) is 14.9. The first-order valence-electron chi connectivity index (χ1n) is 16.7. The SMILES string of the molecule is O=C(O)[C@@H]1CCCCN1C1CCN(C(=O)[C@@H](Cc2cc(Br)c(O)c(Br)c2)NC(=O)N2CCC(N3Cc4ccccc4NC3=O)CC2)CC1. The molecule has 6 rings (SSSR count). The van der Waals surface area contributed by atoms with Crippen LogP contribution in [-0.4, -0.2) is 111 Å². The minimum atomic E-state index is -0.846. The molecule has 4 heterocycles. The number of carboxylic acids is 1. The van der Waals surface area contributed by atoms with Crippen LogP contribution in [0.3, 0.4) is 0 Å². The predicted molar refractivity (Wildman–Crippen MR) is 187 cm³/mol. The van der Waals surface area contributed by atoms with E-state index in [0.717, 1.165) is 36.2 Å². The fourth-order valence-corrected chi connectivity index (χ4v) is 8.89. The maximum Gasteiger partial charge on any atom is 0.322 e. The first-order valence-corrected chi connectivity index (χ1v) is 18.3. The number of rotatable bonds is 7. The topological polar surface area (TPSA) is 146 Å². The van der Waals surface area contributed by atoms with E-state index >= 15 is 0 Å². The molecule has 258 valence electrons. The Kier molecular flexibility index (Phi) is 10.8. The standard InChI is InChI=1S/C34H42Br2N6O6/c35-25-17-21(18-26(36)30(25)43)19-28(31(44)39-13-8-23(9-14-39)41-12-4-3-7-29(41)32(45)46)38-33(47)40-15-10-24(11-16-40)42-20-22-5-1-2-6-27(22)37-34(42)48/h1-2,5-6,17-18,23-24,28-29,43H,3-4,7-16,19-20H2,(H,37,48)(H,38,47)(H,45,46)/t28-,29+/m1/s1. The average molecular weight is 791 g/mol. The average Bonchev–Trinajstić information content (AvgIpc) is 3.09. The number of amides is 5. The van der Waals surface area contributed by atoms with Crippen molar-refractivity contribution >= 4 is 61.5 Å². The van der Waals surface area contributed by atoms with Crippen LogP contribution < -0.4 is 10.6 Å². The van der Waals surface area contributed by atoms with E-state index in [1.54, 1.807) is 21.9 Å². The lowest BCUT2D eigenvalue weighted by Crippen LogP contribution is -2.58. The van der Waals surface area contributed by atoms with Crippen molar-refractivity contribution in [3.05, 3.63) is 56.5 Å². The number of fused-ring (bicyclic) bond motifs is 1. The monoisotopic (exact) mass is 788 g/mol. The van der Waals surface area contributed by atoms with Gasteiger partial charge >= 0.3 is 18.0 Å². The van der Waals surface area contributed by atoms with E-state index in [0.29, 0.717) is 73.8 Å². The van der Waals surface area contributed by atoms with Crippen LogP contribution in [0, 0.1) is 0 Å². The molecule has 14 heteroatoms. The second-order valence-electron chi connectivity index (χ2n) is 13.2. The number of carboxylic acid groups (broad SMARTS) is 1. The number of nitrogens with one attached hydrogen (secondary N) is 2. The molecule has 4 aliphatic rings. The first-order chi connectivity index (χ1) is 23.1. The van der Waals surface area contributed by atoms with Crippen molar-refractivity contribution in [1.82, 2.24) is 24.9 Å². The second kappa shape index (κ2) is 15.0. The summed E-state index contributed by atoms with van der Waals surface area (Å²) in [5.74, 6) is -0.913. The zero-order chi connectivity index (χ0) is 33.9. The summed E-state index contributed by atoms with van der Waals surface area (Å²) in [5.41, 5.74) is 2.65.